The minimum absolute atomic E-state index is 0.128. The van der Waals surface area contributed by atoms with Gasteiger partial charge in [-0.1, -0.05) is 18.5 Å². The monoisotopic (exact) mass is 442 g/mol. The van der Waals surface area contributed by atoms with E-state index in [1.807, 2.05) is 55.1 Å². The van der Waals surface area contributed by atoms with Crippen LogP contribution in [0.4, 0.5) is 0 Å². The van der Waals surface area contributed by atoms with Gasteiger partial charge in [0.1, 0.15) is 11.5 Å². The van der Waals surface area contributed by atoms with Crippen molar-refractivity contribution < 1.29 is 19.4 Å². The Hall–Kier alpha value is -2.99. The Labute approximate surface area is 187 Å². The molecule has 0 aliphatic rings. The molecule has 1 heterocycles. The maximum Gasteiger partial charge on any atom is 0.347 e. The summed E-state index contributed by atoms with van der Waals surface area (Å²) >= 11 is 5.97. The lowest BCUT2D eigenvalue weighted by atomic mass is 10.0. The number of carboxylic acids is 1. The summed E-state index contributed by atoms with van der Waals surface area (Å²) in [4.78, 5) is 11.3. The molecule has 1 aromatic heterocycles. The molecule has 7 heteroatoms. The van der Waals surface area contributed by atoms with Gasteiger partial charge in [-0.2, -0.15) is 5.10 Å². The number of aromatic nitrogens is 2. The maximum atomic E-state index is 11.3. The van der Waals surface area contributed by atoms with E-state index in [-0.39, 0.29) is 5.92 Å². The fourth-order valence-corrected chi connectivity index (χ4v) is 3.27. The highest BCUT2D eigenvalue weighted by Crippen LogP contribution is 2.28. The Bertz CT molecular complexity index is 1070. The summed E-state index contributed by atoms with van der Waals surface area (Å²) in [6, 6.07) is 12.9. The van der Waals surface area contributed by atoms with Crippen LogP contribution < -0.4 is 9.47 Å². The van der Waals surface area contributed by atoms with Gasteiger partial charge >= 0.3 is 5.97 Å². The van der Waals surface area contributed by atoms with Crippen molar-refractivity contribution in [3.8, 4) is 17.2 Å². The normalized spacial score (nSPS) is 12.5. The van der Waals surface area contributed by atoms with Crippen LogP contribution in [0.1, 0.15) is 43.5 Å². The van der Waals surface area contributed by atoms with Crippen molar-refractivity contribution in [3.05, 3.63) is 70.5 Å². The van der Waals surface area contributed by atoms with Crippen LogP contribution in [-0.4, -0.2) is 33.1 Å². The molecule has 3 rings (SSSR count). The number of rotatable bonds is 8. The summed E-state index contributed by atoms with van der Waals surface area (Å²) in [7, 11) is 0. The molecule has 0 saturated heterocycles. The van der Waals surface area contributed by atoms with Gasteiger partial charge in [0.15, 0.2) is 5.60 Å². The molecule has 31 heavy (non-hydrogen) atoms. The van der Waals surface area contributed by atoms with E-state index in [2.05, 4.69) is 12.0 Å². The van der Waals surface area contributed by atoms with E-state index in [0.717, 1.165) is 22.5 Å². The van der Waals surface area contributed by atoms with Gasteiger partial charge in [0, 0.05) is 17.1 Å². The number of carboxylic acid groups (broad SMARTS) is 1. The number of nitrogens with zero attached hydrogens (tertiary/aromatic N) is 2. The zero-order chi connectivity index (χ0) is 22.8. The number of aryl methyl sites for hydroxylation is 2. The third-order valence-corrected chi connectivity index (χ3v) is 5.34. The predicted molar refractivity (Wildman–Crippen MR) is 121 cm³/mol. The molecular formula is C24H27ClN2O4. The first-order valence-electron chi connectivity index (χ1n) is 10.0. The predicted octanol–water partition coefficient (Wildman–Crippen LogP) is 5.57. The Morgan fingerprint density at radius 1 is 1.19 bits per heavy atom. The second-order valence-corrected chi connectivity index (χ2v) is 8.58. The zero-order valence-corrected chi connectivity index (χ0v) is 19.1. The number of benzene rings is 2. The quantitative estimate of drug-likeness (QED) is 0.493. The number of aliphatic carboxylic acids is 1. The Balaban J connectivity index is 1.67. The number of hydrogen-bond acceptors (Lipinski definition) is 4. The first-order chi connectivity index (χ1) is 14.6. The molecule has 0 amide bonds. The summed E-state index contributed by atoms with van der Waals surface area (Å²) in [5.41, 5.74) is 2.51. The van der Waals surface area contributed by atoms with Gasteiger partial charge in [0.2, 0.25) is 0 Å². The van der Waals surface area contributed by atoms with Crippen LogP contribution in [0.2, 0.25) is 5.02 Å². The molecule has 0 aliphatic carbocycles. The highest BCUT2D eigenvalue weighted by Gasteiger charge is 2.30. The molecule has 1 N–H and O–H groups in total. The minimum Gasteiger partial charge on any atom is -0.493 e. The van der Waals surface area contributed by atoms with Crippen LogP contribution in [0, 0.1) is 13.8 Å². The second kappa shape index (κ2) is 9.02. The van der Waals surface area contributed by atoms with E-state index in [1.165, 1.54) is 13.8 Å². The van der Waals surface area contributed by atoms with Crippen LogP contribution in [0.3, 0.4) is 0 Å². The van der Waals surface area contributed by atoms with Crippen molar-refractivity contribution in [2.75, 3.05) is 6.61 Å². The van der Waals surface area contributed by atoms with Gasteiger partial charge in [-0.15, -0.1) is 0 Å². The van der Waals surface area contributed by atoms with Crippen molar-refractivity contribution in [3.63, 3.8) is 0 Å². The van der Waals surface area contributed by atoms with E-state index in [1.54, 1.807) is 12.1 Å². The second-order valence-electron chi connectivity index (χ2n) is 8.15. The van der Waals surface area contributed by atoms with E-state index in [0.29, 0.717) is 23.1 Å². The van der Waals surface area contributed by atoms with E-state index in [4.69, 9.17) is 21.1 Å². The van der Waals surface area contributed by atoms with Gasteiger partial charge in [0.05, 0.1) is 18.0 Å². The first-order valence-corrected chi connectivity index (χ1v) is 10.4. The minimum atomic E-state index is -1.30. The molecule has 2 aromatic carbocycles. The topological polar surface area (TPSA) is 73.6 Å². The average molecular weight is 443 g/mol. The Morgan fingerprint density at radius 3 is 2.48 bits per heavy atom. The molecule has 0 aliphatic heterocycles. The third-order valence-electron chi connectivity index (χ3n) is 5.09. The largest absolute Gasteiger partial charge is 0.493 e. The molecule has 6 nitrogen and oxygen atoms in total. The van der Waals surface area contributed by atoms with Crippen molar-refractivity contribution in [1.29, 1.82) is 0 Å². The summed E-state index contributed by atoms with van der Waals surface area (Å²) < 4.78 is 13.5. The Kier molecular flexibility index (Phi) is 6.60. The molecule has 0 bridgehead atoms. The van der Waals surface area contributed by atoms with Crippen molar-refractivity contribution in [2.45, 2.75) is 46.1 Å². The lowest BCUT2D eigenvalue weighted by Gasteiger charge is -2.23. The molecule has 0 radical (unpaired) electrons. The van der Waals surface area contributed by atoms with Gasteiger partial charge in [-0.3, -0.25) is 0 Å². The lowest BCUT2D eigenvalue weighted by molar-refractivity contribution is -0.152. The summed E-state index contributed by atoms with van der Waals surface area (Å²) in [6.45, 7) is 9.47. The molecule has 1 unspecified atom stereocenters. The fourth-order valence-electron chi connectivity index (χ4n) is 3.14. The van der Waals surface area contributed by atoms with Crippen molar-refractivity contribution >= 4 is 17.6 Å². The highest BCUT2D eigenvalue weighted by molar-refractivity contribution is 6.30. The van der Waals surface area contributed by atoms with Gasteiger partial charge < -0.3 is 14.6 Å². The molecule has 1 atom stereocenters. The maximum absolute atomic E-state index is 11.3. The van der Waals surface area contributed by atoms with Crippen LogP contribution in [-0.2, 0) is 4.79 Å². The lowest BCUT2D eigenvalue weighted by Crippen LogP contribution is -2.38. The van der Waals surface area contributed by atoms with Gasteiger partial charge in [0.25, 0.3) is 0 Å². The number of carbonyl (C=O) groups is 1. The SMILES string of the molecule is Cc1cc(OCC(C)c2cn(-c3ccc(Cl)cc3)nc2C)ccc1OC(C)(C)C(=O)O. The molecule has 0 spiro atoms. The number of ether oxygens (including phenoxy) is 2. The first kappa shape index (κ1) is 22.7. The summed E-state index contributed by atoms with van der Waals surface area (Å²) in [6.07, 6.45) is 2.02. The molecule has 0 fully saturated rings. The average Bonchev–Trinajstić information content (AvgIpc) is 3.10. The number of hydrogen-bond donors (Lipinski definition) is 1. The third kappa shape index (κ3) is 5.39. The number of halogens is 1. The van der Waals surface area contributed by atoms with Crippen LogP contribution >= 0.6 is 11.6 Å². The summed E-state index contributed by atoms with van der Waals surface area (Å²) in [5, 5.41) is 14.6. The fraction of sp³-hybridized carbons (Fsp3) is 0.333. The molecule has 3 aromatic rings. The molecule has 0 saturated carbocycles. The highest BCUT2D eigenvalue weighted by atomic mass is 35.5. The smallest absolute Gasteiger partial charge is 0.347 e. The standard InChI is InChI=1S/C24H27ClN2O4/c1-15-12-20(10-11-22(15)31-24(4,5)23(28)29)30-14-16(2)21-13-27(26-17(21)3)19-8-6-18(25)7-9-19/h6-13,16H,14H2,1-5H3,(H,28,29). The van der Waals surface area contributed by atoms with Crippen molar-refractivity contribution in [1.82, 2.24) is 9.78 Å². The van der Waals surface area contributed by atoms with Crippen LogP contribution in [0.5, 0.6) is 11.5 Å². The van der Waals surface area contributed by atoms with Crippen LogP contribution in [0.25, 0.3) is 5.69 Å². The Morgan fingerprint density at radius 2 is 1.87 bits per heavy atom. The van der Waals surface area contributed by atoms with Crippen LogP contribution in [0.15, 0.2) is 48.7 Å². The van der Waals surface area contributed by atoms with Gasteiger partial charge in [-0.25, -0.2) is 9.48 Å². The van der Waals surface area contributed by atoms with Crippen molar-refractivity contribution in [2.24, 2.45) is 0 Å². The van der Waals surface area contributed by atoms with E-state index >= 15 is 0 Å². The van der Waals surface area contributed by atoms with Gasteiger partial charge in [-0.05, 0) is 81.3 Å². The molecular weight excluding hydrogens is 416 g/mol. The summed E-state index contributed by atoms with van der Waals surface area (Å²) in [5.74, 6) is 0.333. The zero-order valence-electron chi connectivity index (χ0n) is 18.3. The van der Waals surface area contributed by atoms with E-state index in [9.17, 15) is 9.90 Å². The molecule has 164 valence electrons. The van der Waals surface area contributed by atoms with E-state index < -0.39 is 11.6 Å².